The molecule has 1 fully saturated rings. The van der Waals surface area contributed by atoms with Gasteiger partial charge in [-0.25, -0.2) is 0 Å². The largest absolute Gasteiger partial charge is 0.488 e. The van der Waals surface area contributed by atoms with Crippen molar-refractivity contribution in [3.05, 3.63) is 68.5 Å². The Bertz CT molecular complexity index is 981. The first kappa shape index (κ1) is 22.6. The minimum atomic E-state index is -0.0149. The molecule has 6 heteroatoms. The normalized spacial score (nSPS) is 17.1. The van der Waals surface area contributed by atoms with Gasteiger partial charge in [-0.05, 0) is 76.2 Å². The van der Waals surface area contributed by atoms with Gasteiger partial charge in [-0.15, -0.1) is 0 Å². The van der Waals surface area contributed by atoms with E-state index in [1.54, 1.807) is 4.90 Å². The number of carbonyl (C=O) groups is 1. The van der Waals surface area contributed by atoms with Gasteiger partial charge in [0, 0.05) is 22.1 Å². The minimum Gasteiger partial charge on any atom is -0.488 e. The van der Waals surface area contributed by atoms with Crippen molar-refractivity contribution in [2.24, 2.45) is 4.99 Å². The van der Waals surface area contributed by atoms with Crippen molar-refractivity contribution in [3.8, 4) is 5.75 Å². The molecular formula is C24H27BrN2O2S. The molecule has 0 aliphatic carbocycles. The molecule has 2 aromatic rings. The zero-order valence-corrected chi connectivity index (χ0v) is 20.4. The number of amides is 1. The molecule has 0 N–H and O–H groups in total. The number of hydrogen-bond donors (Lipinski definition) is 0. The van der Waals surface area contributed by atoms with Crippen LogP contribution in [0.5, 0.6) is 5.75 Å². The van der Waals surface area contributed by atoms with Crippen LogP contribution in [0.4, 0.5) is 0 Å². The summed E-state index contributed by atoms with van der Waals surface area (Å²) in [4.78, 5) is 20.1. The van der Waals surface area contributed by atoms with Gasteiger partial charge in [0.2, 0.25) is 0 Å². The van der Waals surface area contributed by atoms with Crippen LogP contribution in [-0.4, -0.2) is 28.1 Å². The summed E-state index contributed by atoms with van der Waals surface area (Å²) in [6.45, 7) is 10.6. The number of nitrogens with zero attached hydrogens (tertiary/aromatic N) is 2. The smallest absolute Gasteiger partial charge is 0.266 e. The van der Waals surface area contributed by atoms with Crippen LogP contribution in [-0.2, 0) is 11.4 Å². The summed E-state index contributed by atoms with van der Waals surface area (Å²) in [6.07, 6.45) is 1.90. The fourth-order valence-corrected chi connectivity index (χ4v) is 4.61. The first-order valence-electron chi connectivity index (χ1n) is 10.0. The van der Waals surface area contributed by atoms with E-state index < -0.39 is 0 Å². The number of rotatable bonds is 6. The SMILES string of the molecule is Cc1ccc(COc2ccc(Br)cc2/C=C2/SC(=NC(C)C)N(C(C)C)C2=O)cc1. The van der Waals surface area contributed by atoms with E-state index in [1.807, 2.05) is 52.0 Å². The fourth-order valence-electron chi connectivity index (χ4n) is 3.00. The van der Waals surface area contributed by atoms with Crippen molar-refractivity contribution in [1.82, 2.24) is 4.90 Å². The summed E-state index contributed by atoms with van der Waals surface area (Å²) in [5, 5.41) is 0.758. The Labute approximate surface area is 191 Å². The summed E-state index contributed by atoms with van der Waals surface area (Å²) < 4.78 is 7.03. The predicted molar refractivity (Wildman–Crippen MR) is 130 cm³/mol. The first-order chi connectivity index (χ1) is 14.2. The number of aryl methyl sites for hydroxylation is 1. The topological polar surface area (TPSA) is 41.9 Å². The lowest BCUT2D eigenvalue weighted by Gasteiger charge is -2.20. The Balaban J connectivity index is 1.89. The second-order valence-corrected chi connectivity index (χ2v) is 9.77. The molecule has 0 radical (unpaired) electrons. The molecule has 1 heterocycles. The molecule has 0 saturated carbocycles. The number of amidine groups is 1. The summed E-state index contributed by atoms with van der Waals surface area (Å²) in [5.41, 5.74) is 3.19. The van der Waals surface area contributed by atoms with Crippen molar-refractivity contribution in [2.75, 3.05) is 0 Å². The van der Waals surface area contributed by atoms with Gasteiger partial charge in [0.25, 0.3) is 5.91 Å². The standard InChI is InChI=1S/C24H27BrN2O2S/c1-15(2)26-24-27(16(3)4)23(28)22(30-24)13-19-12-20(25)10-11-21(19)29-14-18-8-6-17(5)7-9-18/h6-13,15-16H,14H2,1-5H3/b22-13+,26-24?. The average molecular weight is 487 g/mol. The number of hydrogen-bond acceptors (Lipinski definition) is 4. The van der Waals surface area contributed by atoms with Crippen molar-refractivity contribution in [1.29, 1.82) is 0 Å². The maximum absolute atomic E-state index is 13.1. The highest BCUT2D eigenvalue weighted by Crippen LogP contribution is 2.36. The number of benzene rings is 2. The van der Waals surface area contributed by atoms with Crippen LogP contribution in [0.25, 0.3) is 6.08 Å². The summed E-state index contributed by atoms with van der Waals surface area (Å²) in [5.74, 6) is 0.726. The molecule has 0 bridgehead atoms. The Morgan fingerprint density at radius 2 is 1.83 bits per heavy atom. The van der Waals surface area contributed by atoms with Crippen LogP contribution in [0.1, 0.15) is 44.4 Å². The Morgan fingerprint density at radius 3 is 2.47 bits per heavy atom. The van der Waals surface area contributed by atoms with Crippen molar-refractivity contribution >= 4 is 44.8 Å². The number of aliphatic imine (C=N–C) groups is 1. The second kappa shape index (κ2) is 9.84. The molecule has 1 amide bonds. The molecule has 0 atom stereocenters. The molecule has 30 heavy (non-hydrogen) atoms. The fraction of sp³-hybridized carbons (Fsp3) is 0.333. The molecule has 4 nitrogen and oxygen atoms in total. The molecule has 0 aromatic heterocycles. The Morgan fingerprint density at radius 1 is 1.13 bits per heavy atom. The second-order valence-electron chi connectivity index (χ2n) is 7.84. The molecule has 1 saturated heterocycles. The zero-order valence-electron chi connectivity index (χ0n) is 18.0. The van der Waals surface area contributed by atoms with E-state index in [0.29, 0.717) is 11.5 Å². The van der Waals surface area contributed by atoms with Gasteiger partial charge in [-0.2, -0.15) is 0 Å². The van der Waals surface area contributed by atoms with E-state index in [1.165, 1.54) is 17.3 Å². The van der Waals surface area contributed by atoms with Crippen LogP contribution in [0.3, 0.4) is 0 Å². The highest BCUT2D eigenvalue weighted by Gasteiger charge is 2.35. The number of halogens is 1. The molecule has 3 rings (SSSR count). The maximum Gasteiger partial charge on any atom is 0.266 e. The van der Waals surface area contributed by atoms with Crippen molar-refractivity contribution in [2.45, 2.75) is 53.3 Å². The monoisotopic (exact) mass is 486 g/mol. The molecule has 1 aliphatic heterocycles. The lowest BCUT2D eigenvalue weighted by Crippen LogP contribution is -2.35. The average Bonchev–Trinajstić information content (AvgIpc) is 2.97. The van der Waals surface area contributed by atoms with E-state index in [2.05, 4.69) is 52.1 Å². The van der Waals surface area contributed by atoms with Crippen LogP contribution >= 0.6 is 27.7 Å². The van der Waals surface area contributed by atoms with Gasteiger partial charge in [-0.3, -0.25) is 14.7 Å². The summed E-state index contributed by atoms with van der Waals surface area (Å²) in [7, 11) is 0. The van der Waals surface area contributed by atoms with Crippen LogP contribution in [0.2, 0.25) is 0 Å². The molecule has 0 spiro atoms. The van der Waals surface area contributed by atoms with E-state index >= 15 is 0 Å². The predicted octanol–water partition coefficient (Wildman–Crippen LogP) is 6.43. The zero-order chi connectivity index (χ0) is 21.8. The van der Waals surface area contributed by atoms with Crippen LogP contribution in [0, 0.1) is 6.92 Å². The van der Waals surface area contributed by atoms with Gasteiger partial charge in [0.15, 0.2) is 5.17 Å². The van der Waals surface area contributed by atoms with Gasteiger partial charge >= 0.3 is 0 Å². The quantitative estimate of drug-likeness (QED) is 0.442. The number of thioether (sulfide) groups is 1. The molecule has 158 valence electrons. The highest BCUT2D eigenvalue weighted by molar-refractivity contribution is 9.10. The van der Waals surface area contributed by atoms with E-state index in [4.69, 9.17) is 4.74 Å². The third-order valence-corrected chi connectivity index (χ3v) is 5.99. The maximum atomic E-state index is 13.1. The van der Waals surface area contributed by atoms with Gasteiger partial charge in [0.05, 0.1) is 4.91 Å². The van der Waals surface area contributed by atoms with Crippen LogP contribution < -0.4 is 4.74 Å². The van der Waals surface area contributed by atoms with E-state index in [9.17, 15) is 4.79 Å². The minimum absolute atomic E-state index is 0.0149. The van der Waals surface area contributed by atoms with Gasteiger partial charge in [-0.1, -0.05) is 45.8 Å². The van der Waals surface area contributed by atoms with E-state index in [-0.39, 0.29) is 18.0 Å². The summed E-state index contributed by atoms with van der Waals surface area (Å²) >= 11 is 4.96. The third-order valence-electron chi connectivity index (χ3n) is 4.50. The van der Waals surface area contributed by atoms with Crippen LogP contribution in [0.15, 0.2) is 56.8 Å². The Hall–Kier alpha value is -2.05. The molecule has 2 aromatic carbocycles. The molecular weight excluding hydrogens is 460 g/mol. The summed E-state index contributed by atoms with van der Waals surface area (Å²) in [6, 6.07) is 14.3. The van der Waals surface area contributed by atoms with E-state index in [0.717, 1.165) is 26.5 Å². The molecule has 0 unspecified atom stereocenters. The lowest BCUT2D eigenvalue weighted by atomic mass is 10.1. The molecule has 1 aliphatic rings. The van der Waals surface area contributed by atoms with Gasteiger partial charge < -0.3 is 4.74 Å². The lowest BCUT2D eigenvalue weighted by molar-refractivity contribution is -0.123. The van der Waals surface area contributed by atoms with Gasteiger partial charge in [0.1, 0.15) is 12.4 Å². The third kappa shape index (κ3) is 5.55. The number of carbonyl (C=O) groups excluding carboxylic acids is 1. The van der Waals surface area contributed by atoms with Crippen molar-refractivity contribution in [3.63, 3.8) is 0 Å². The van der Waals surface area contributed by atoms with Crippen molar-refractivity contribution < 1.29 is 9.53 Å². The Kier molecular flexibility index (Phi) is 7.42. The number of ether oxygens (including phenoxy) is 1. The first-order valence-corrected chi connectivity index (χ1v) is 11.6. The highest BCUT2D eigenvalue weighted by atomic mass is 79.9.